The Morgan fingerprint density at radius 2 is 1.80 bits per heavy atom. The maximum atomic E-state index is 10.1. The summed E-state index contributed by atoms with van der Waals surface area (Å²) in [6, 6.07) is 15.4. The van der Waals surface area contributed by atoms with Gasteiger partial charge in [0.05, 0.1) is 10.9 Å². The van der Waals surface area contributed by atoms with E-state index in [4.69, 9.17) is 0 Å². The molecule has 0 saturated carbocycles. The topological polar surface area (TPSA) is 46.0 Å². The predicted molar refractivity (Wildman–Crippen MR) is 81.3 cm³/mol. The van der Waals surface area contributed by atoms with Crippen molar-refractivity contribution in [1.29, 1.82) is 0 Å². The van der Waals surface area contributed by atoms with Gasteiger partial charge in [0.1, 0.15) is 0 Å². The zero-order chi connectivity index (χ0) is 13.9. The summed E-state index contributed by atoms with van der Waals surface area (Å²) in [6.07, 6.45) is 3.93. The lowest BCUT2D eigenvalue weighted by atomic mass is 10.1. The molecular weight excluding hydrogens is 248 g/mol. The Hall–Kier alpha value is -2.68. The van der Waals surface area contributed by atoms with Crippen molar-refractivity contribution in [2.75, 3.05) is 0 Å². The summed E-state index contributed by atoms with van der Waals surface area (Å²) in [5, 5.41) is 10.8. The highest BCUT2D eigenvalue weighted by Crippen LogP contribution is 2.26. The Morgan fingerprint density at radius 3 is 2.55 bits per heavy atom. The summed E-state index contributed by atoms with van der Waals surface area (Å²) >= 11 is 0. The Labute approximate surface area is 117 Å². The summed E-state index contributed by atoms with van der Waals surface area (Å²) in [6.45, 7) is 1.96. The van der Waals surface area contributed by atoms with Crippen LogP contribution in [0.25, 0.3) is 28.4 Å². The van der Waals surface area contributed by atoms with Gasteiger partial charge in [-0.05, 0) is 24.6 Å². The van der Waals surface area contributed by atoms with Crippen molar-refractivity contribution < 1.29 is 5.11 Å². The fraction of sp³-hybridized carbons (Fsp3) is 0.0588. The Balaban J connectivity index is 2.18. The van der Waals surface area contributed by atoms with Crippen LogP contribution in [0, 0.1) is 0 Å². The number of fused-ring (bicyclic) bond motifs is 1. The molecule has 0 radical (unpaired) electrons. The quantitative estimate of drug-likeness (QED) is 0.758. The highest BCUT2D eigenvalue weighted by atomic mass is 16.3. The minimum Gasteiger partial charge on any atom is -0.493 e. The van der Waals surface area contributed by atoms with Crippen molar-refractivity contribution in [2.45, 2.75) is 6.92 Å². The molecule has 0 aliphatic heterocycles. The molecule has 3 rings (SSSR count). The fourth-order valence-corrected chi connectivity index (χ4v) is 2.14. The van der Waals surface area contributed by atoms with E-state index in [1.165, 1.54) is 0 Å². The number of aromatic hydroxyl groups is 1. The van der Waals surface area contributed by atoms with Gasteiger partial charge in [-0.2, -0.15) is 4.98 Å². The number of benzene rings is 2. The van der Waals surface area contributed by atoms with E-state index in [1.54, 1.807) is 0 Å². The molecule has 1 N–H and O–H groups in total. The lowest BCUT2D eigenvalue weighted by Gasteiger charge is -2.05. The van der Waals surface area contributed by atoms with Gasteiger partial charge in [0.25, 0.3) is 0 Å². The van der Waals surface area contributed by atoms with E-state index < -0.39 is 0 Å². The van der Waals surface area contributed by atoms with E-state index in [0.29, 0.717) is 11.2 Å². The maximum absolute atomic E-state index is 10.1. The van der Waals surface area contributed by atoms with Crippen LogP contribution in [-0.4, -0.2) is 15.1 Å². The molecule has 0 spiro atoms. The first-order valence-corrected chi connectivity index (χ1v) is 6.47. The maximum Gasteiger partial charge on any atom is 0.222 e. The Bertz CT molecular complexity index is 780. The van der Waals surface area contributed by atoms with Gasteiger partial charge in [0.15, 0.2) is 5.82 Å². The van der Waals surface area contributed by atoms with Crippen LogP contribution in [0.4, 0.5) is 0 Å². The summed E-state index contributed by atoms with van der Waals surface area (Å²) in [4.78, 5) is 8.71. The van der Waals surface area contributed by atoms with Crippen molar-refractivity contribution in [3.05, 3.63) is 60.2 Å². The van der Waals surface area contributed by atoms with E-state index in [0.717, 1.165) is 16.6 Å². The third kappa shape index (κ3) is 2.26. The second-order valence-corrected chi connectivity index (χ2v) is 4.51. The van der Waals surface area contributed by atoms with Crippen LogP contribution in [-0.2, 0) is 0 Å². The highest BCUT2D eigenvalue weighted by Gasteiger charge is 2.08. The second-order valence-electron chi connectivity index (χ2n) is 4.51. The molecule has 0 aliphatic rings. The average molecular weight is 262 g/mol. The van der Waals surface area contributed by atoms with Crippen LogP contribution in [0.5, 0.6) is 5.88 Å². The largest absolute Gasteiger partial charge is 0.493 e. The van der Waals surface area contributed by atoms with Crippen LogP contribution in [0.1, 0.15) is 12.5 Å². The normalized spacial score (nSPS) is 11.2. The molecule has 0 unspecified atom stereocenters. The molecule has 1 aromatic heterocycles. The SMILES string of the molecule is C/C=C/c1ccc2nc(-c3ccccc3)nc(O)c2c1. The molecule has 0 saturated heterocycles. The summed E-state index contributed by atoms with van der Waals surface area (Å²) in [5.74, 6) is 0.551. The molecule has 3 heteroatoms. The van der Waals surface area contributed by atoms with Crippen LogP contribution in [0.15, 0.2) is 54.6 Å². The minimum absolute atomic E-state index is 0.0141. The number of allylic oxidation sites excluding steroid dienone is 1. The molecule has 1 heterocycles. The van der Waals surface area contributed by atoms with E-state index in [-0.39, 0.29) is 5.88 Å². The molecule has 98 valence electrons. The van der Waals surface area contributed by atoms with Gasteiger partial charge in [0, 0.05) is 5.56 Å². The molecule has 0 amide bonds. The van der Waals surface area contributed by atoms with Crippen molar-refractivity contribution in [3.8, 4) is 17.3 Å². The smallest absolute Gasteiger partial charge is 0.222 e. The minimum atomic E-state index is 0.0141. The van der Waals surface area contributed by atoms with Crippen LogP contribution >= 0.6 is 0 Å². The van der Waals surface area contributed by atoms with E-state index in [1.807, 2.05) is 67.6 Å². The molecule has 2 aromatic carbocycles. The van der Waals surface area contributed by atoms with E-state index in [9.17, 15) is 5.11 Å². The summed E-state index contributed by atoms with van der Waals surface area (Å²) in [5.41, 5.74) is 2.65. The first-order chi connectivity index (χ1) is 9.78. The predicted octanol–water partition coefficient (Wildman–Crippen LogP) is 4.04. The van der Waals surface area contributed by atoms with Gasteiger partial charge in [-0.15, -0.1) is 0 Å². The first-order valence-electron chi connectivity index (χ1n) is 6.47. The first kappa shape index (κ1) is 12.4. The summed E-state index contributed by atoms with van der Waals surface area (Å²) < 4.78 is 0. The molecule has 20 heavy (non-hydrogen) atoms. The van der Waals surface area contributed by atoms with Gasteiger partial charge in [0.2, 0.25) is 5.88 Å². The van der Waals surface area contributed by atoms with Crippen molar-refractivity contribution >= 4 is 17.0 Å². The lowest BCUT2D eigenvalue weighted by molar-refractivity contribution is 0.460. The van der Waals surface area contributed by atoms with Crippen molar-refractivity contribution in [2.24, 2.45) is 0 Å². The lowest BCUT2D eigenvalue weighted by Crippen LogP contribution is -1.91. The molecular formula is C17H14N2O. The number of hydrogen-bond acceptors (Lipinski definition) is 3. The molecule has 3 aromatic rings. The third-order valence-electron chi connectivity index (χ3n) is 3.09. The zero-order valence-electron chi connectivity index (χ0n) is 11.1. The Kier molecular flexibility index (Phi) is 3.17. The monoisotopic (exact) mass is 262 g/mol. The molecule has 0 aliphatic carbocycles. The highest BCUT2D eigenvalue weighted by molar-refractivity contribution is 5.87. The molecule has 0 atom stereocenters. The van der Waals surface area contributed by atoms with Gasteiger partial charge < -0.3 is 5.11 Å². The third-order valence-corrected chi connectivity index (χ3v) is 3.09. The molecule has 0 bridgehead atoms. The molecule has 0 fully saturated rings. The van der Waals surface area contributed by atoms with Gasteiger partial charge in [-0.3, -0.25) is 0 Å². The number of aromatic nitrogens is 2. The second kappa shape index (κ2) is 5.13. The van der Waals surface area contributed by atoms with Crippen molar-refractivity contribution in [3.63, 3.8) is 0 Å². The molecule has 3 nitrogen and oxygen atoms in total. The summed E-state index contributed by atoms with van der Waals surface area (Å²) in [7, 11) is 0. The number of hydrogen-bond donors (Lipinski definition) is 1. The van der Waals surface area contributed by atoms with Crippen LogP contribution < -0.4 is 0 Å². The standard InChI is InChI=1S/C17H14N2O/c1-2-6-12-9-10-15-14(11-12)17(20)19-16(18-15)13-7-4-3-5-8-13/h2-11H,1H3,(H,18,19,20)/b6-2+. The van der Waals surface area contributed by atoms with Crippen LogP contribution in [0.3, 0.4) is 0 Å². The van der Waals surface area contributed by atoms with E-state index in [2.05, 4.69) is 9.97 Å². The number of rotatable bonds is 2. The van der Waals surface area contributed by atoms with Crippen molar-refractivity contribution in [1.82, 2.24) is 9.97 Å². The van der Waals surface area contributed by atoms with E-state index >= 15 is 0 Å². The zero-order valence-corrected chi connectivity index (χ0v) is 11.1. The fourth-order valence-electron chi connectivity index (χ4n) is 2.14. The van der Waals surface area contributed by atoms with Gasteiger partial charge in [-0.25, -0.2) is 4.98 Å². The van der Waals surface area contributed by atoms with Gasteiger partial charge >= 0.3 is 0 Å². The van der Waals surface area contributed by atoms with Crippen LogP contribution in [0.2, 0.25) is 0 Å². The number of nitrogens with zero attached hydrogens (tertiary/aromatic N) is 2. The Morgan fingerprint density at radius 1 is 1.00 bits per heavy atom. The van der Waals surface area contributed by atoms with Gasteiger partial charge in [-0.1, -0.05) is 48.6 Å². The average Bonchev–Trinajstić information content (AvgIpc) is 2.49.